The molecule has 0 spiro atoms. The average molecular weight is 349 g/mol. The molecule has 0 bridgehead atoms. The minimum Gasteiger partial charge on any atom is 0 e. The maximum atomic E-state index is 2.28. The topological polar surface area (TPSA) is 0 Å². The molecule has 0 aromatic carbocycles. The van der Waals surface area contributed by atoms with Crippen LogP contribution in [0, 0.1) is 0 Å². The van der Waals surface area contributed by atoms with Crippen LogP contribution in [-0.2, 0) is 8.46 Å². The molecule has 0 aliphatic carbocycles. The van der Waals surface area contributed by atoms with Crippen LogP contribution in [0.1, 0.15) is 0 Å². The Morgan fingerprint density at radius 2 is 1.25 bits per heavy atom. The zero-order chi connectivity index (χ0) is 2.71. The second-order valence-corrected chi connectivity index (χ2v) is 9.37. The van der Waals surface area contributed by atoms with E-state index in [1.807, 2.05) is 0 Å². The SMILES string of the molecule is [I][Fe][I].[K]. The van der Waals surface area contributed by atoms with Gasteiger partial charge in [-0.2, -0.15) is 0 Å². The van der Waals surface area contributed by atoms with Gasteiger partial charge in [-0.15, -0.1) is 0 Å². The number of hydrogen-bond acceptors (Lipinski definition) is 0. The molecule has 0 unspecified atom stereocenters. The van der Waals surface area contributed by atoms with Gasteiger partial charge in [0.2, 0.25) is 0 Å². The van der Waals surface area contributed by atoms with Crippen molar-refractivity contribution < 1.29 is 8.46 Å². The normalized spacial score (nSPS) is 5.50. The molecule has 4 heteroatoms. The molecule has 0 aromatic rings. The minimum absolute atomic E-state index is 0. The van der Waals surface area contributed by atoms with Crippen molar-refractivity contribution in [3.63, 3.8) is 0 Å². The van der Waals surface area contributed by atoms with Crippen molar-refractivity contribution >= 4 is 92.1 Å². The standard InChI is InChI=1S/Fe.2HI.K/h;2*1H;/q+2;;;/p-2. The molecule has 0 nitrogen and oxygen atoms in total. The molecule has 0 amide bonds. The van der Waals surface area contributed by atoms with Crippen LogP contribution >= 0.6 is 40.7 Å². The van der Waals surface area contributed by atoms with Gasteiger partial charge in [0, 0.05) is 51.4 Å². The molecule has 0 aromatic heterocycles. The molecule has 0 saturated carbocycles. The van der Waals surface area contributed by atoms with E-state index in [2.05, 4.69) is 40.7 Å². The summed E-state index contributed by atoms with van der Waals surface area (Å²) in [5.74, 6) is 0. The van der Waals surface area contributed by atoms with Crippen molar-refractivity contribution in [2.24, 2.45) is 0 Å². The fraction of sp³-hybridized carbons (Fsp3) is 0. The molecule has 0 aliphatic rings. The van der Waals surface area contributed by atoms with E-state index in [9.17, 15) is 0 Å². The summed E-state index contributed by atoms with van der Waals surface area (Å²) in [6.45, 7) is 0. The predicted molar refractivity (Wildman–Crippen MR) is 33.8 cm³/mol. The summed E-state index contributed by atoms with van der Waals surface area (Å²) < 4.78 is 0. The average Bonchev–Trinajstić information content (AvgIpc) is 0.918. The maximum absolute atomic E-state index is 2.28. The fourth-order valence-corrected chi connectivity index (χ4v) is 0. The molecule has 0 atom stereocenters. The van der Waals surface area contributed by atoms with E-state index in [0.29, 0.717) is 0 Å². The van der Waals surface area contributed by atoms with Gasteiger partial charge in [0.25, 0.3) is 0 Å². The van der Waals surface area contributed by atoms with Crippen molar-refractivity contribution in [1.82, 2.24) is 0 Å². The molecule has 0 heterocycles. The van der Waals surface area contributed by atoms with Gasteiger partial charge in [-0.25, -0.2) is 0 Å². The van der Waals surface area contributed by atoms with Gasteiger partial charge in [0.1, 0.15) is 0 Å². The Morgan fingerprint density at radius 3 is 1.25 bits per heavy atom. The van der Waals surface area contributed by atoms with Crippen LogP contribution in [0.4, 0.5) is 0 Å². The molecule has 0 N–H and O–H groups in total. The first kappa shape index (κ1) is 10.6. The van der Waals surface area contributed by atoms with Gasteiger partial charge in [-0.05, 0) is 0 Å². The molecule has 0 aliphatic heterocycles. The summed E-state index contributed by atoms with van der Waals surface area (Å²) in [5.41, 5.74) is 0. The molecule has 4 heavy (non-hydrogen) atoms. The Kier molecular flexibility index (Phi) is 25.9. The first-order chi connectivity index (χ1) is 1.41. The smallest absolute Gasteiger partial charge is 0 e. The van der Waals surface area contributed by atoms with E-state index < -0.39 is 0 Å². The second-order valence-electron chi connectivity index (χ2n) is 0.0505. The van der Waals surface area contributed by atoms with Crippen molar-refractivity contribution in [3.05, 3.63) is 0 Å². The van der Waals surface area contributed by atoms with Crippen LogP contribution in [0.5, 0.6) is 0 Å². The van der Waals surface area contributed by atoms with Crippen LogP contribution in [0.15, 0.2) is 0 Å². The first-order valence-corrected chi connectivity index (χ1v) is 7.39. The van der Waals surface area contributed by atoms with Crippen LogP contribution in [0.2, 0.25) is 0 Å². The Labute approximate surface area is 97.3 Å². The third-order valence-corrected chi connectivity index (χ3v) is 0. The van der Waals surface area contributed by atoms with Crippen molar-refractivity contribution in [3.8, 4) is 0 Å². The van der Waals surface area contributed by atoms with Gasteiger partial charge < -0.3 is 0 Å². The number of hydrogen-bond donors (Lipinski definition) is 0. The fourth-order valence-electron chi connectivity index (χ4n) is 0. The van der Waals surface area contributed by atoms with Gasteiger partial charge in [0.05, 0.1) is 0 Å². The Bertz CT molecular complexity index is 6.00. The third-order valence-electron chi connectivity index (χ3n) is 0. The Hall–Kier alpha value is 3.62. The summed E-state index contributed by atoms with van der Waals surface area (Å²) in [4.78, 5) is 0. The van der Waals surface area contributed by atoms with E-state index in [0.717, 1.165) is 0 Å². The molecule has 23 valence electrons. The predicted octanol–water partition coefficient (Wildman–Crippen LogP) is 1.39. The summed E-state index contributed by atoms with van der Waals surface area (Å²) in [6, 6.07) is 0. The number of halogens is 2. The van der Waals surface area contributed by atoms with Crippen LogP contribution < -0.4 is 0 Å². The summed E-state index contributed by atoms with van der Waals surface area (Å²) in [7, 11) is 1.19. The van der Waals surface area contributed by atoms with Gasteiger partial charge in [-0.3, -0.25) is 0 Å². The third kappa shape index (κ3) is 9.15. The Morgan fingerprint density at radius 1 is 1.25 bits per heavy atom. The zero-order valence-corrected chi connectivity index (χ0v) is 10.7. The van der Waals surface area contributed by atoms with Crippen LogP contribution in [-0.4, -0.2) is 51.4 Å². The van der Waals surface area contributed by atoms with Crippen molar-refractivity contribution in [2.75, 3.05) is 0 Å². The first-order valence-electron chi connectivity index (χ1n) is 0.267. The van der Waals surface area contributed by atoms with E-state index in [1.165, 1.54) is 8.46 Å². The Balaban J connectivity index is 0. The van der Waals surface area contributed by atoms with E-state index in [-0.39, 0.29) is 51.4 Å². The number of rotatable bonds is 0. The van der Waals surface area contributed by atoms with Crippen LogP contribution in [0.3, 0.4) is 0 Å². The molecular weight excluding hydrogens is 349 g/mol. The van der Waals surface area contributed by atoms with E-state index in [1.54, 1.807) is 0 Å². The van der Waals surface area contributed by atoms with Crippen molar-refractivity contribution in [2.45, 2.75) is 0 Å². The van der Waals surface area contributed by atoms with Gasteiger partial charge in [0.15, 0.2) is 0 Å². The second kappa shape index (κ2) is 9.79. The summed E-state index contributed by atoms with van der Waals surface area (Å²) in [5, 5.41) is 0. The van der Waals surface area contributed by atoms with E-state index >= 15 is 0 Å². The molecule has 0 saturated heterocycles. The maximum Gasteiger partial charge on any atom is 0 e. The zero-order valence-electron chi connectivity index (χ0n) is 2.11. The minimum atomic E-state index is 0. The van der Waals surface area contributed by atoms with Crippen molar-refractivity contribution in [1.29, 1.82) is 0 Å². The largest absolute Gasteiger partial charge is 0 e. The summed E-state index contributed by atoms with van der Waals surface area (Å²) in [6.07, 6.45) is 0. The van der Waals surface area contributed by atoms with Crippen LogP contribution in [0.25, 0.3) is 0 Å². The molecule has 0 rings (SSSR count). The molecule has 1 radical (unpaired) electrons. The van der Waals surface area contributed by atoms with Gasteiger partial charge in [-0.1, -0.05) is 0 Å². The van der Waals surface area contributed by atoms with Gasteiger partial charge >= 0.3 is 49.1 Å². The quantitative estimate of drug-likeness (QED) is 0.458. The monoisotopic (exact) mass is 349 g/mol. The molecule has 0 fully saturated rings. The van der Waals surface area contributed by atoms with E-state index in [4.69, 9.17) is 0 Å². The summed E-state index contributed by atoms with van der Waals surface area (Å²) >= 11 is 4.55. The molecular formula is FeI2K.